The van der Waals surface area contributed by atoms with Crippen LogP contribution in [0.2, 0.25) is 0 Å². The van der Waals surface area contributed by atoms with Gasteiger partial charge in [0.15, 0.2) is 0 Å². The second-order valence-electron chi connectivity index (χ2n) is 4.03. The largest absolute Gasteiger partial charge is 0.495 e. The van der Waals surface area contributed by atoms with Gasteiger partial charge in [0.2, 0.25) is 0 Å². The maximum atomic E-state index is 10.5. The summed E-state index contributed by atoms with van der Waals surface area (Å²) in [6, 6.07) is 7.45. The van der Waals surface area contributed by atoms with Gasteiger partial charge in [-0.2, -0.15) is 5.26 Å². The molecule has 0 bridgehead atoms. The molecule has 5 nitrogen and oxygen atoms in total. The Balaban J connectivity index is 2.68. The van der Waals surface area contributed by atoms with Gasteiger partial charge in [0.05, 0.1) is 19.1 Å². The number of nitrogens with zero attached hydrogens (tertiary/aromatic N) is 2. The number of hydrogen-bond acceptors (Lipinski definition) is 4. The quantitative estimate of drug-likeness (QED) is 0.825. The number of ether oxygens (including phenoxy) is 1. The third-order valence-corrected chi connectivity index (χ3v) is 2.54. The summed E-state index contributed by atoms with van der Waals surface area (Å²) in [4.78, 5) is 12.4. The maximum absolute atomic E-state index is 10.5. The zero-order valence-electron chi connectivity index (χ0n) is 10.5. The van der Waals surface area contributed by atoms with Gasteiger partial charge in [-0.25, -0.2) is 0 Å². The molecule has 1 N–H and O–H groups in total. The van der Waals surface area contributed by atoms with E-state index in [0.717, 1.165) is 5.56 Å². The van der Waals surface area contributed by atoms with Gasteiger partial charge in [-0.3, -0.25) is 4.79 Å². The van der Waals surface area contributed by atoms with Crippen LogP contribution in [0.15, 0.2) is 18.2 Å². The SMILES string of the molecule is COc1ccc(CN(C)CCC(=O)O)cc1C#N. The maximum Gasteiger partial charge on any atom is 0.304 e. The van der Waals surface area contributed by atoms with Crippen molar-refractivity contribution in [1.82, 2.24) is 4.90 Å². The predicted molar refractivity (Wildman–Crippen MR) is 66.3 cm³/mol. The van der Waals surface area contributed by atoms with Crippen molar-refractivity contribution in [1.29, 1.82) is 5.26 Å². The van der Waals surface area contributed by atoms with E-state index < -0.39 is 5.97 Å². The summed E-state index contributed by atoms with van der Waals surface area (Å²) < 4.78 is 5.06. The van der Waals surface area contributed by atoms with Crippen molar-refractivity contribution in [2.24, 2.45) is 0 Å². The van der Waals surface area contributed by atoms with Crippen LogP contribution in [0, 0.1) is 11.3 Å². The van der Waals surface area contributed by atoms with E-state index >= 15 is 0 Å². The third-order valence-electron chi connectivity index (χ3n) is 2.54. The molecule has 0 fully saturated rings. The Morgan fingerprint density at radius 1 is 1.56 bits per heavy atom. The first-order chi connectivity index (χ1) is 8.56. The summed E-state index contributed by atoms with van der Waals surface area (Å²) in [5.41, 5.74) is 1.45. The van der Waals surface area contributed by atoms with Crippen LogP contribution in [0.25, 0.3) is 0 Å². The van der Waals surface area contributed by atoms with E-state index in [1.165, 1.54) is 7.11 Å². The fourth-order valence-electron chi connectivity index (χ4n) is 1.62. The van der Waals surface area contributed by atoms with E-state index in [1.807, 2.05) is 18.0 Å². The topological polar surface area (TPSA) is 73.6 Å². The number of methoxy groups -OCH3 is 1. The molecule has 1 rings (SSSR count). The normalized spacial score (nSPS) is 10.1. The Morgan fingerprint density at radius 2 is 2.28 bits per heavy atom. The van der Waals surface area contributed by atoms with Crippen LogP contribution >= 0.6 is 0 Å². The number of rotatable bonds is 6. The lowest BCUT2D eigenvalue weighted by molar-refractivity contribution is -0.137. The number of hydrogen-bond donors (Lipinski definition) is 1. The molecular weight excluding hydrogens is 232 g/mol. The first-order valence-electron chi connectivity index (χ1n) is 5.54. The summed E-state index contributed by atoms with van der Waals surface area (Å²) in [6.45, 7) is 1.08. The lowest BCUT2D eigenvalue weighted by atomic mass is 10.1. The van der Waals surface area contributed by atoms with Crippen LogP contribution in [0.1, 0.15) is 17.5 Å². The second-order valence-corrected chi connectivity index (χ2v) is 4.03. The summed E-state index contributed by atoms with van der Waals surface area (Å²) in [6.07, 6.45) is 0.109. The monoisotopic (exact) mass is 248 g/mol. The number of carbonyl (C=O) groups is 1. The standard InChI is InChI=1S/C13H16N2O3/c1-15(6-5-13(16)17)9-10-3-4-12(18-2)11(7-10)8-14/h3-4,7H,5-6,9H2,1-2H3,(H,16,17). The molecule has 5 heteroatoms. The molecule has 0 aromatic heterocycles. The van der Waals surface area contributed by atoms with E-state index in [1.54, 1.807) is 12.1 Å². The molecule has 0 amide bonds. The van der Waals surface area contributed by atoms with Gasteiger partial charge >= 0.3 is 5.97 Å². The van der Waals surface area contributed by atoms with E-state index in [4.69, 9.17) is 15.1 Å². The van der Waals surface area contributed by atoms with Gasteiger partial charge in [-0.05, 0) is 24.7 Å². The van der Waals surface area contributed by atoms with E-state index in [-0.39, 0.29) is 6.42 Å². The lowest BCUT2D eigenvalue weighted by Gasteiger charge is -2.16. The van der Waals surface area contributed by atoms with Crippen LogP contribution in [0.3, 0.4) is 0 Å². The smallest absolute Gasteiger partial charge is 0.304 e. The van der Waals surface area contributed by atoms with Crippen molar-refractivity contribution < 1.29 is 14.6 Å². The molecule has 0 aliphatic rings. The van der Waals surface area contributed by atoms with E-state index in [9.17, 15) is 4.79 Å². The van der Waals surface area contributed by atoms with Gasteiger partial charge in [-0.1, -0.05) is 6.07 Å². The van der Waals surface area contributed by atoms with E-state index in [0.29, 0.717) is 24.4 Å². The number of carboxylic acids is 1. The van der Waals surface area contributed by atoms with Crippen molar-refractivity contribution in [3.8, 4) is 11.8 Å². The van der Waals surface area contributed by atoms with Crippen LogP contribution in [-0.4, -0.2) is 36.7 Å². The fraction of sp³-hybridized carbons (Fsp3) is 0.385. The fourth-order valence-corrected chi connectivity index (χ4v) is 1.62. The Hall–Kier alpha value is -2.06. The molecule has 1 aromatic rings. The Bertz CT molecular complexity index is 466. The molecule has 1 aromatic carbocycles. The summed E-state index contributed by atoms with van der Waals surface area (Å²) >= 11 is 0. The van der Waals surface area contributed by atoms with Gasteiger partial charge in [0.1, 0.15) is 11.8 Å². The number of carboxylic acid groups (broad SMARTS) is 1. The van der Waals surface area contributed by atoms with Crippen molar-refractivity contribution in [3.63, 3.8) is 0 Å². The van der Waals surface area contributed by atoms with Crippen LogP contribution in [0.5, 0.6) is 5.75 Å². The molecule has 0 saturated heterocycles. The van der Waals surface area contributed by atoms with Crippen LogP contribution in [0.4, 0.5) is 0 Å². The summed E-state index contributed by atoms with van der Waals surface area (Å²) in [5, 5.41) is 17.6. The zero-order valence-corrected chi connectivity index (χ0v) is 10.5. The molecule has 96 valence electrons. The highest BCUT2D eigenvalue weighted by Gasteiger charge is 2.07. The molecule has 0 atom stereocenters. The molecular formula is C13H16N2O3. The first-order valence-corrected chi connectivity index (χ1v) is 5.54. The molecule has 0 heterocycles. The average Bonchev–Trinajstić information content (AvgIpc) is 2.36. The minimum atomic E-state index is -0.811. The van der Waals surface area contributed by atoms with Crippen molar-refractivity contribution in [2.75, 3.05) is 20.7 Å². The highest BCUT2D eigenvalue weighted by Crippen LogP contribution is 2.19. The minimum Gasteiger partial charge on any atom is -0.495 e. The molecule has 0 aliphatic heterocycles. The van der Waals surface area contributed by atoms with Crippen molar-refractivity contribution in [3.05, 3.63) is 29.3 Å². The van der Waals surface area contributed by atoms with Crippen LogP contribution < -0.4 is 4.74 Å². The summed E-state index contributed by atoms with van der Waals surface area (Å²) in [5.74, 6) is -0.260. The van der Waals surface area contributed by atoms with Crippen LogP contribution in [-0.2, 0) is 11.3 Å². The lowest BCUT2D eigenvalue weighted by Crippen LogP contribution is -2.21. The zero-order chi connectivity index (χ0) is 13.5. The average molecular weight is 248 g/mol. The Morgan fingerprint density at radius 3 is 2.83 bits per heavy atom. The summed E-state index contributed by atoms with van der Waals surface area (Å²) in [7, 11) is 3.37. The van der Waals surface area contributed by atoms with Gasteiger partial charge in [0.25, 0.3) is 0 Å². The van der Waals surface area contributed by atoms with E-state index in [2.05, 4.69) is 6.07 Å². The molecule has 0 aliphatic carbocycles. The molecule has 0 radical (unpaired) electrons. The molecule has 0 unspecified atom stereocenters. The molecule has 0 saturated carbocycles. The third kappa shape index (κ3) is 4.07. The first kappa shape index (κ1) is 14.0. The minimum absolute atomic E-state index is 0.109. The second kappa shape index (κ2) is 6.62. The Kier molecular flexibility index (Phi) is 5.15. The highest BCUT2D eigenvalue weighted by molar-refractivity contribution is 5.66. The number of benzene rings is 1. The molecule has 0 spiro atoms. The Labute approximate surface area is 106 Å². The molecule has 18 heavy (non-hydrogen) atoms. The number of aliphatic carboxylic acids is 1. The van der Waals surface area contributed by atoms with Gasteiger partial charge < -0.3 is 14.7 Å². The van der Waals surface area contributed by atoms with Crippen molar-refractivity contribution in [2.45, 2.75) is 13.0 Å². The number of nitriles is 1. The van der Waals surface area contributed by atoms with Crippen molar-refractivity contribution >= 4 is 5.97 Å². The van der Waals surface area contributed by atoms with Gasteiger partial charge in [-0.15, -0.1) is 0 Å². The van der Waals surface area contributed by atoms with Gasteiger partial charge in [0, 0.05) is 13.1 Å². The predicted octanol–water partition coefficient (Wildman–Crippen LogP) is 1.47. The highest BCUT2D eigenvalue weighted by atomic mass is 16.5.